The summed E-state index contributed by atoms with van der Waals surface area (Å²) in [5.41, 5.74) is 0. The summed E-state index contributed by atoms with van der Waals surface area (Å²) >= 11 is 0. The van der Waals surface area contributed by atoms with Crippen LogP contribution in [-0.2, 0) is 6.54 Å². The lowest BCUT2D eigenvalue weighted by Gasteiger charge is -1.90. The van der Waals surface area contributed by atoms with E-state index in [1.165, 1.54) is 0 Å². The van der Waals surface area contributed by atoms with Gasteiger partial charge < -0.3 is 0 Å². The van der Waals surface area contributed by atoms with Crippen LogP contribution in [0.5, 0.6) is 0 Å². The van der Waals surface area contributed by atoms with Crippen LogP contribution in [-0.4, -0.2) is 12.8 Å². The second-order valence-electron chi connectivity index (χ2n) is 3.08. The molecule has 0 N–H and O–H groups in total. The molecule has 1 rings (SSSR count). The van der Waals surface area contributed by atoms with Gasteiger partial charge in [-0.25, -0.2) is 4.57 Å². The Balaban J connectivity index is 2.22. The summed E-state index contributed by atoms with van der Waals surface area (Å²) in [5.74, 6) is 0. The van der Waals surface area contributed by atoms with Gasteiger partial charge >= 0.3 is 0 Å². The van der Waals surface area contributed by atoms with E-state index in [-0.39, 0.29) is 0 Å². The van der Waals surface area contributed by atoms with Crippen molar-refractivity contribution in [3.63, 3.8) is 0 Å². The number of allylic oxidation sites excluding steroid dienone is 4. The van der Waals surface area contributed by atoms with Crippen LogP contribution in [0.15, 0.2) is 59.9 Å². The maximum absolute atomic E-state index is 4.27. The third-order valence-corrected chi connectivity index (χ3v) is 1.87. The van der Waals surface area contributed by atoms with Crippen molar-refractivity contribution < 1.29 is 4.57 Å². The van der Waals surface area contributed by atoms with Gasteiger partial charge in [-0.3, -0.25) is 4.99 Å². The van der Waals surface area contributed by atoms with Crippen LogP contribution in [0.1, 0.15) is 6.92 Å². The first-order valence-corrected chi connectivity index (χ1v) is 5.15. The third-order valence-electron chi connectivity index (χ3n) is 1.87. The highest BCUT2D eigenvalue weighted by molar-refractivity contribution is 5.71. The van der Waals surface area contributed by atoms with E-state index >= 15 is 0 Å². The molecule has 0 bridgehead atoms. The number of nitrogens with zero attached hydrogens (tertiary/aromatic N) is 2. The van der Waals surface area contributed by atoms with Crippen molar-refractivity contribution in [1.29, 1.82) is 0 Å². The lowest BCUT2D eigenvalue weighted by Crippen LogP contribution is -2.33. The van der Waals surface area contributed by atoms with Crippen LogP contribution in [0.25, 0.3) is 0 Å². The molecule has 0 fully saturated rings. The Bertz CT molecular complexity index is 337. The van der Waals surface area contributed by atoms with Crippen molar-refractivity contribution in [3.05, 3.63) is 54.9 Å². The predicted octanol–water partition coefficient (Wildman–Crippen LogP) is 2.18. The summed E-state index contributed by atoms with van der Waals surface area (Å²) in [5, 5.41) is 0. The normalized spacial score (nSPS) is 12.1. The number of aliphatic imine (C=N–C) groups is 1. The van der Waals surface area contributed by atoms with E-state index in [9.17, 15) is 0 Å². The van der Waals surface area contributed by atoms with Crippen molar-refractivity contribution in [2.24, 2.45) is 4.99 Å². The van der Waals surface area contributed by atoms with Crippen LogP contribution >= 0.6 is 0 Å². The van der Waals surface area contributed by atoms with Gasteiger partial charge in [-0.05, 0) is 13.0 Å². The van der Waals surface area contributed by atoms with Crippen molar-refractivity contribution in [2.75, 3.05) is 6.54 Å². The van der Waals surface area contributed by atoms with Gasteiger partial charge in [0.2, 0.25) is 0 Å². The molecule has 15 heavy (non-hydrogen) atoms. The largest absolute Gasteiger partial charge is 0.287 e. The zero-order valence-electron chi connectivity index (χ0n) is 9.08. The van der Waals surface area contributed by atoms with Gasteiger partial charge in [0.15, 0.2) is 18.9 Å². The Morgan fingerprint density at radius 3 is 2.60 bits per heavy atom. The number of aromatic nitrogens is 1. The number of rotatable bonds is 5. The first-order chi connectivity index (χ1) is 7.43. The molecular formula is C13H17N2+. The molecule has 0 spiro atoms. The Hall–Kier alpha value is -1.70. The molecular weight excluding hydrogens is 184 g/mol. The van der Waals surface area contributed by atoms with E-state index in [4.69, 9.17) is 0 Å². The second kappa shape index (κ2) is 7.68. The summed E-state index contributed by atoms with van der Waals surface area (Å²) in [6.07, 6.45) is 13.8. The summed E-state index contributed by atoms with van der Waals surface area (Å²) < 4.78 is 2.12. The van der Waals surface area contributed by atoms with Crippen LogP contribution in [0.4, 0.5) is 0 Å². The smallest absolute Gasteiger partial charge is 0.168 e. The summed E-state index contributed by atoms with van der Waals surface area (Å²) in [7, 11) is 0. The average molecular weight is 201 g/mol. The zero-order chi connectivity index (χ0) is 10.8. The van der Waals surface area contributed by atoms with Crippen molar-refractivity contribution in [3.8, 4) is 0 Å². The lowest BCUT2D eigenvalue weighted by molar-refractivity contribution is -0.694. The molecule has 1 aromatic heterocycles. The fraction of sp³-hybridized carbons (Fsp3) is 0.231. The van der Waals surface area contributed by atoms with Crippen LogP contribution in [0.2, 0.25) is 0 Å². The fourth-order valence-corrected chi connectivity index (χ4v) is 1.12. The topological polar surface area (TPSA) is 16.2 Å². The van der Waals surface area contributed by atoms with E-state index in [0.29, 0.717) is 0 Å². The summed E-state index contributed by atoms with van der Waals surface area (Å²) in [6.45, 7) is 3.73. The molecule has 1 heterocycles. The SMILES string of the molecule is C\C=C/C=C\C=N\CC[n+]1ccccc1. The molecule has 78 valence electrons. The Kier molecular flexibility index (Phi) is 5.82. The van der Waals surface area contributed by atoms with Crippen molar-refractivity contribution >= 4 is 6.21 Å². The first-order valence-electron chi connectivity index (χ1n) is 5.15. The van der Waals surface area contributed by atoms with Gasteiger partial charge in [0.1, 0.15) is 0 Å². The van der Waals surface area contributed by atoms with Crippen molar-refractivity contribution in [1.82, 2.24) is 0 Å². The van der Waals surface area contributed by atoms with Gasteiger partial charge in [-0.15, -0.1) is 0 Å². The van der Waals surface area contributed by atoms with Gasteiger partial charge in [-0.1, -0.05) is 24.3 Å². The minimum absolute atomic E-state index is 0.814. The number of hydrogen-bond donors (Lipinski definition) is 0. The van der Waals surface area contributed by atoms with E-state index in [0.717, 1.165) is 13.1 Å². The molecule has 0 atom stereocenters. The molecule has 0 saturated carbocycles. The summed E-state index contributed by atoms with van der Waals surface area (Å²) in [6, 6.07) is 6.06. The third kappa shape index (κ3) is 5.57. The monoisotopic (exact) mass is 201 g/mol. The van der Waals surface area contributed by atoms with Gasteiger partial charge in [0, 0.05) is 18.3 Å². The molecule has 2 heteroatoms. The Morgan fingerprint density at radius 2 is 1.87 bits per heavy atom. The molecule has 0 aliphatic carbocycles. The van der Waals surface area contributed by atoms with Crippen molar-refractivity contribution in [2.45, 2.75) is 13.5 Å². The number of pyridine rings is 1. The van der Waals surface area contributed by atoms with E-state index in [1.807, 2.05) is 68.0 Å². The summed E-state index contributed by atoms with van der Waals surface area (Å²) in [4.78, 5) is 4.27. The lowest BCUT2D eigenvalue weighted by atomic mass is 10.4. The molecule has 0 aliphatic rings. The molecule has 1 aromatic rings. The van der Waals surface area contributed by atoms with Crippen LogP contribution in [0.3, 0.4) is 0 Å². The van der Waals surface area contributed by atoms with Crippen LogP contribution < -0.4 is 4.57 Å². The standard InChI is InChI=1S/C13H17N2/c1-2-3-4-6-9-14-10-13-15-11-7-5-8-12-15/h2-9,11-12H,10,13H2,1H3/q+1/b3-2-,6-4-,14-9+. The van der Waals surface area contributed by atoms with Gasteiger partial charge in [0.25, 0.3) is 0 Å². The molecule has 0 radical (unpaired) electrons. The van der Waals surface area contributed by atoms with Crippen LogP contribution in [0, 0.1) is 0 Å². The predicted molar refractivity (Wildman–Crippen MR) is 64.0 cm³/mol. The Labute approximate surface area is 91.3 Å². The maximum Gasteiger partial charge on any atom is 0.168 e. The molecule has 0 saturated heterocycles. The Morgan fingerprint density at radius 1 is 1.07 bits per heavy atom. The average Bonchev–Trinajstić information content (AvgIpc) is 2.29. The fourth-order valence-electron chi connectivity index (χ4n) is 1.12. The van der Waals surface area contributed by atoms with E-state index in [1.54, 1.807) is 0 Å². The zero-order valence-corrected chi connectivity index (χ0v) is 9.08. The van der Waals surface area contributed by atoms with Gasteiger partial charge in [-0.2, -0.15) is 0 Å². The molecule has 0 aliphatic heterocycles. The molecule has 0 amide bonds. The van der Waals surface area contributed by atoms with Gasteiger partial charge in [0.05, 0.1) is 6.54 Å². The highest BCUT2D eigenvalue weighted by atomic mass is 14.9. The second-order valence-corrected chi connectivity index (χ2v) is 3.08. The van der Waals surface area contributed by atoms with E-state index < -0.39 is 0 Å². The number of hydrogen-bond acceptors (Lipinski definition) is 1. The molecule has 2 nitrogen and oxygen atoms in total. The minimum atomic E-state index is 0.814. The highest BCUT2D eigenvalue weighted by Crippen LogP contribution is 1.78. The van der Waals surface area contributed by atoms with E-state index in [2.05, 4.69) is 9.56 Å². The molecule has 0 aromatic carbocycles. The maximum atomic E-state index is 4.27. The minimum Gasteiger partial charge on any atom is -0.287 e. The highest BCUT2D eigenvalue weighted by Gasteiger charge is 1.93. The quantitative estimate of drug-likeness (QED) is 0.394. The first kappa shape index (κ1) is 11.4. The molecule has 0 unspecified atom stereocenters.